The first-order valence-electron chi connectivity index (χ1n) is 5.88. The van der Waals surface area contributed by atoms with E-state index in [1.165, 1.54) is 0 Å². The lowest BCUT2D eigenvalue weighted by molar-refractivity contribution is 0.0870. The molecule has 5 heteroatoms. The van der Waals surface area contributed by atoms with Crippen LogP contribution in [0.2, 0.25) is 0 Å². The molecule has 1 fully saturated rings. The molecule has 0 unspecified atom stereocenters. The second-order valence-corrected chi connectivity index (χ2v) is 4.49. The molecule has 1 aromatic rings. The summed E-state index contributed by atoms with van der Waals surface area (Å²) in [6, 6.07) is 0. The number of rotatable bonds is 3. The lowest BCUT2D eigenvalue weighted by Crippen LogP contribution is -2.46. The lowest BCUT2D eigenvalue weighted by Gasteiger charge is -2.31. The van der Waals surface area contributed by atoms with Crippen LogP contribution >= 0.6 is 0 Å². The van der Waals surface area contributed by atoms with Crippen molar-refractivity contribution in [1.82, 2.24) is 19.8 Å². The Kier molecular flexibility index (Phi) is 3.81. The van der Waals surface area contributed by atoms with Gasteiger partial charge >= 0.3 is 0 Å². The van der Waals surface area contributed by atoms with Gasteiger partial charge in [-0.3, -0.25) is 14.7 Å². The maximum absolute atomic E-state index is 12.1. The summed E-state index contributed by atoms with van der Waals surface area (Å²) in [5.41, 5.74) is 1.22. The number of ketones is 1. The van der Waals surface area contributed by atoms with Gasteiger partial charge in [0.05, 0.1) is 12.2 Å². The van der Waals surface area contributed by atoms with Crippen LogP contribution in [0, 0.1) is 6.92 Å². The molecule has 2 rings (SSSR count). The van der Waals surface area contributed by atoms with E-state index in [0.717, 1.165) is 26.2 Å². The molecule has 0 aromatic carbocycles. The number of hydrogen-bond donors (Lipinski definition) is 0. The first-order chi connectivity index (χ1) is 8.16. The first-order valence-corrected chi connectivity index (χ1v) is 5.88. The smallest absolute Gasteiger partial charge is 0.196 e. The van der Waals surface area contributed by atoms with Crippen molar-refractivity contribution in [2.75, 3.05) is 39.8 Å². The molecule has 1 aromatic heterocycles. The van der Waals surface area contributed by atoms with Gasteiger partial charge in [-0.2, -0.15) is 0 Å². The van der Waals surface area contributed by atoms with Gasteiger partial charge in [-0.1, -0.05) is 0 Å². The highest BCUT2D eigenvalue weighted by molar-refractivity contribution is 5.96. The van der Waals surface area contributed by atoms with E-state index < -0.39 is 0 Å². The van der Waals surface area contributed by atoms with Gasteiger partial charge in [0.15, 0.2) is 5.78 Å². The van der Waals surface area contributed by atoms with Crippen LogP contribution in [0.4, 0.5) is 0 Å². The summed E-state index contributed by atoms with van der Waals surface area (Å²) >= 11 is 0. The predicted molar refractivity (Wildman–Crippen MR) is 65.0 cm³/mol. The Bertz CT molecular complexity index is 399. The minimum absolute atomic E-state index is 0.0696. The van der Waals surface area contributed by atoms with Crippen LogP contribution < -0.4 is 0 Å². The number of Topliss-reactive ketones (excluding diaryl/α,β-unsaturated/α-hetero) is 1. The highest BCUT2D eigenvalue weighted by atomic mass is 16.1. The van der Waals surface area contributed by atoms with E-state index in [0.29, 0.717) is 17.9 Å². The number of aryl methyl sites for hydroxylation is 1. The van der Waals surface area contributed by atoms with Crippen molar-refractivity contribution in [2.45, 2.75) is 6.92 Å². The Morgan fingerprint density at radius 3 is 2.53 bits per heavy atom. The van der Waals surface area contributed by atoms with Crippen LogP contribution in [0.25, 0.3) is 0 Å². The fourth-order valence-corrected chi connectivity index (χ4v) is 1.97. The third kappa shape index (κ3) is 3.08. The van der Waals surface area contributed by atoms with Crippen LogP contribution in [0.5, 0.6) is 0 Å². The van der Waals surface area contributed by atoms with Crippen LogP contribution in [-0.4, -0.2) is 65.3 Å². The predicted octanol–water partition coefficient (Wildman–Crippen LogP) is 0.215. The molecule has 0 N–H and O–H groups in total. The van der Waals surface area contributed by atoms with Gasteiger partial charge in [0, 0.05) is 38.6 Å². The summed E-state index contributed by atoms with van der Waals surface area (Å²) in [6.45, 7) is 6.21. The summed E-state index contributed by atoms with van der Waals surface area (Å²) in [4.78, 5) is 24.7. The zero-order valence-corrected chi connectivity index (χ0v) is 10.4. The van der Waals surface area contributed by atoms with Crippen molar-refractivity contribution in [3.8, 4) is 0 Å². The summed E-state index contributed by atoms with van der Waals surface area (Å²) in [5, 5.41) is 0. The van der Waals surface area contributed by atoms with E-state index in [1.807, 2.05) is 6.92 Å². The standard InChI is InChI=1S/C12H18N4O/c1-10-12(14-4-3-13-10)11(17)9-16-7-5-15(2)6-8-16/h3-4H,5-9H2,1-2H3. The molecule has 92 valence electrons. The highest BCUT2D eigenvalue weighted by Crippen LogP contribution is 2.05. The molecule has 0 atom stereocenters. The average Bonchev–Trinajstić information content (AvgIpc) is 2.32. The molecule has 0 spiro atoms. The molecular weight excluding hydrogens is 216 g/mol. The van der Waals surface area contributed by atoms with Gasteiger partial charge in [0.2, 0.25) is 0 Å². The van der Waals surface area contributed by atoms with Gasteiger partial charge in [-0.05, 0) is 14.0 Å². The molecule has 0 aliphatic carbocycles. The number of carbonyl (C=O) groups excluding carboxylic acids is 1. The Labute approximate surface area is 101 Å². The molecule has 0 bridgehead atoms. The van der Waals surface area contributed by atoms with E-state index in [9.17, 15) is 4.79 Å². The quantitative estimate of drug-likeness (QED) is 0.700. The van der Waals surface area contributed by atoms with Gasteiger partial charge < -0.3 is 4.90 Å². The molecular formula is C12H18N4O. The summed E-state index contributed by atoms with van der Waals surface area (Å²) in [5.74, 6) is 0.0696. The van der Waals surface area contributed by atoms with Crippen LogP contribution in [-0.2, 0) is 0 Å². The van der Waals surface area contributed by atoms with Crippen molar-refractivity contribution in [3.05, 3.63) is 23.8 Å². The maximum atomic E-state index is 12.1. The third-order valence-corrected chi connectivity index (χ3v) is 3.11. The number of piperazine rings is 1. The first kappa shape index (κ1) is 12.1. The SMILES string of the molecule is Cc1nccnc1C(=O)CN1CCN(C)CC1. The topological polar surface area (TPSA) is 49.3 Å². The van der Waals surface area contributed by atoms with Gasteiger partial charge in [-0.25, -0.2) is 4.98 Å². The zero-order chi connectivity index (χ0) is 12.3. The Morgan fingerprint density at radius 1 is 1.24 bits per heavy atom. The Hall–Kier alpha value is -1.33. The Morgan fingerprint density at radius 2 is 1.88 bits per heavy atom. The average molecular weight is 234 g/mol. The molecule has 1 aliphatic rings. The molecule has 1 aliphatic heterocycles. The van der Waals surface area contributed by atoms with Crippen molar-refractivity contribution in [1.29, 1.82) is 0 Å². The molecule has 2 heterocycles. The highest BCUT2D eigenvalue weighted by Gasteiger charge is 2.19. The zero-order valence-electron chi connectivity index (χ0n) is 10.4. The lowest BCUT2D eigenvalue weighted by atomic mass is 10.2. The largest absolute Gasteiger partial charge is 0.304 e. The van der Waals surface area contributed by atoms with E-state index in [1.54, 1.807) is 12.4 Å². The monoisotopic (exact) mass is 234 g/mol. The maximum Gasteiger partial charge on any atom is 0.196 e. The molecule has 5 nitrogen and oxygen atoms in total. The molecule has 0 saturated carbocycles. The molecule has 0 radical (unpaired) electrons. The van der Waals surface area contributed by atoms with Crippen molar-refractivity contribution in [3.63, 3.8) is 0 Å². The van der Waals surface area contributed by atoms with E-state index in [4.69, 9.17) is 0 Å². The van der Waals surface area contributed by atoms with Crippen LogP contribution in [0.1, 0.15) is 16.2 Å². The number of carbonyl (C=O) groups is 1. The second kappa shape index (κ2) is 5.33. The normalized spacial score (nSPS) is 18.2. The van der Waals surface area contributed by atoms with Gasteiger partial charge in [0.1, 0.15) is 5.69 Å². The van der Waals surface area contributed by atoms with Crippen LogP contribution in [0.3, 0.4) is 0 Å². The second-order valence-electron chi connectivity index (χ2n) is 4.49. The van der Waals surface area contributed by atoms with Crippen molar-refractivity contribution < 1.29 is 4.79 Å². The number of hydrogen-bond acceptors (Lipinski definition) is 5. The minimum Gasteiger partial charge on any atom is -0.304 e. The van der Waals surface area contributed by atoms with Crippen LogP contribution in [0.15, 0.2) is 12.4 Å². The molecule has 1 saturated heterocycles. The van der Waals surface area contributed by atoms with Gasteiger partial charge in [-0.15, -0.1) is 0 Å². The third-order valence-electron chi connectivity index (χ3n) is 3.11. The van der Waals surface area contributed by atoms with E-state index >= 15 is 0 Å². The summed E-state index contributed by atoms with van der Waals surface area (Å²) in [6.07, 6.45) is 3.19. The fraction of sp³-hybridized carbons (Fsp3) is 0.583. The van der Waals surface area contributed by atoms with E-state index in [-0.39, 0.29) is 5.78 Å². The number of likely N-dealkylation sites (N-methyl/N-ethyl adjacent to an activating group) is 1. The summed E-state index contributed by atoms with van der Waals surface area (Å²) in [7, 11) is 2.10. The summed E-state index contributed by atoms with van der Waals surface area (Å²) < 4.78 is 0. The van der Waals surface area contributed by atoms with Crippen molar-refractivity contribution >= 4 is 5.78 Å². The Balaban J connectivity index is 1.96. The minimum atomic E-state index is 0.0696. The van der Waals surface area contributed by atoms with Crippen molar-refractivity contribution in [2.24, 2.45) is 0 Å². The number of aromatic nitrogens is 2. The molecule has 17 heavy (non-hydrogen) atoms. The fourth-order valence-electron chi connectivity index (χ4n) is 1.97. The number of nitrogens with zero attached hydrogens (tertiary/aromatic N) is 4. The van der Waals surface area contributed by atoms with Gasteiger partial charge in [0.25, 0.3) is 0 Å². The molecule has 0 amide bonds. The van der Waals surface area contributed by atoms with E-state index in [2.05, 4.69) is 26.8 Å².